The average Bonchev–Trinajstić information content (AvgIpc) is 3.55. The molecule has 6 aromatic rings. The first-order valence-electron chi connectivity index (χ1n) is 10.8. The normalized spacial score (nSPS) is 11.2. The number of fused-ring (bicyclic) bond motifs is 3. The van der Waals surface area contributed by atoms with Crippen LogP contribution < -0.4 is 4.18 Å². The van der Waals surface area contributed by atoms with Crippen LogP contribution in [0, 0.1) is 10.1 Å². The molecule has 3 aromatic heterocycles. The summed E-state index contributed by atoms with van der Waals surface area (Å²) in [4.78, 5) is 18.9. The first-order valence-corrected chi connectivity index (χ1v) is 11.5. The van der Waals surface area contributed by atoms with E-state index >= 15 is 0 Å². The molecule has 0 saturated heterocycles. The van der Waals surface area contributed by atoms with Crippen LogP contribution in [0.3, 0.4) is 0 Å². The van der Waals surface area contributed by atoms with Crippen molar-refractivity contribution in [2.24, 2.45) is 0 Å². The zero-order valence-corrected chi connectivity index (χ0v) is 19.0. The van der Waals surface area contributed by atoms with Gasteiger partial charge in [0.1, 0.15) is 23.4 Å². The van der Waals surface area contributed by atoms with Gasteiger partial charge in [0, 0.05) is 45.7 Å². The number of hydrogen-bond acceptors (Lipinski definition) is 6. The maximum absolute atomic E-state index is 11.2. The predicted octanol–water partition coefficient (Wildman–Crippen LogP) is 7.64. The monoisotopic (exact) mass is 479 g/mol. The molecule has 8 heteroatoms. The smallest absolute Gasteiger partial charge is 0.269 e. The minimum absolute atomic E-state index is 0.0481. The van der Waals surface area contributed by atoms with E-state index in [1.807, 2.05) is 54.7 Å². The Morgan fingerprint density at radius 1 is 0.943 bits per heavy atom. The summed E-state index contributed by atoms with van der Waals surface area (Å²) in [5.74, 6) is 0.680. The maximum Gasteiger partial charge on any atom is 0.269 e. The van der Waals surface area contributed by atoms with Gasteiger partial charge in [-0.3, -0.25) is 10.1 Å². The molecule has 3 heterocycles. The minimum Gasteiger partial charge on any atom is -0.455 e. The molecule has 0 radical (unpaired) electrons. The van der Waals surface area contributed by atoms with Gasteiger partial charge in [0.05, 0.1) is 11.2 Å². The van der Waals surface area contributed by atoms with Gasteiger partial charge in [-0.05, 0) is 53.6 Å². The van der Waals surface area contributed by atoms with Crippen molar-refractivity contribution in [3.8, 4) is 28.0 Å². The van der Waals surface area contributed by atoms with Crippen LogP contribution in [0.15, 0.2) is 107 Å². The van der Waals surface area contributed by atoms with Gasteiger partial charge in [-0.2, -0.15) is 0 Å². The van der Waals surface area contributed by atoms with Gasteiger partial charge in [0.25, 0.3) is 5.69 Å². The number of furan rings is 1. The van der Waals surface area contributed by atoms with E-state index in [9.17, 15) is 10.1 Å². The summed E-state index contributed by atoms with van der Waals surface area (Å²) in [5, 5.41) is 13.7. The fourth-order valence-electron chi connectivity index (χ4n) is 4.17. The zero-order valence-electron chi connectivity index (χ0n) is 18.2. The van der Waals surface area contributed by atoms with Gasteiger partial charge in [-0.1, -0.05) is 30.3 Å². The highest BCUT2D eigenvalue weighted by atomic mass is 32.2. The van der Waals surface area contributed by atoms with E-state index in [-0.39, 0.29) is 5.69 Å². The highest BCUT2D eigenvalue weighted by Gasteiger charge is 2.18. The summed E-state index contributed by atoms with van der Waals surface area (Å²) in [7, 11) is 0. The number of nitro groups is 1. The van der Waals surface area contributed by atoms with Gasteiger partial charge in [-0.25, -0.2) is 4.98 Å². The van der Waals surface area contributed by atoms with E-state index in [0.717, 1.165) is 56.2 Å². The number of hydrogen-bond donors (Lipinski definition) is 1. The quantitative estimate of drug-likeness (QED) is 0.150. The molecule has 1 N–H and O–H groups in total. The van der Waals surface area contributed by atoms with Gasteiger partial charge in [-0.15, -0.1) is 0 Å². The lowest BCUT2D eigenvalue weighted by molar-refractivity contribution is -0.384. The molecule has 0 aliphatic heterocycles. The van der Waals surface area contributed by atoms with E-state index in [0.29, 0.717) is 10.8 Å². The maximum atomic E-state index is 11.2. The van der Waals surface area contributed by atoms with Crippen molar-refractivity contribution >= 4 is 39.7 Å². The molecular formula is C27H17N3O4S. The number of aromatic amines is 1. The molecule has 7 nitrogen and oxygen atoms in total. The average molecular weight is 480 g/mol. The van der Waals surface area contributed by atoms with Crippen LogP contribution in [-0.4, -0.2) is 14.9 Å². The molecule has 0 amide bonds. The topological polar surface area (TPSA) is 94.2 Å². The second-order valence-corrected chi connectivity index (χ2v) is 8.61. The Kier molecular flexibility index (Phi) is 5.20. The first-order chi connectivity index (χ1) is 17.2. The minimum atomic E-state index is -0.398. The van der Waals surface area contributed by atoms with Crippen LogP contribution in [0.25, 0.3) is 44.2 Å². The summed E-state index contributed by atoms with van der Waals surface area (Å²) in [6.45, 7) is 0. The van der Waals surface area contributed by atoms with Crippen LogP contribution >= 0.6 is 12.0 Å². The molecule has 6 rings (SSSR count). The van der Waals surface area contributed by atoms with E-state index in [1.54, 1.807) is 18.4 Å². The van der Waals surface area contributed by atoms with Crippen LogP contribution in [0.2, 0.25) is 0 Å². The number of aromatic nitrogens is 2. The van der Waals surface area contributed by atoms with Crippen LogP contribution in [-0.2, 0) is 0 Å². The molecule has 3 aromatic carbocycles. The Hall–Kier alpha value is -4.56. The summed E-state index contributed by atoms with van der Waals surface area (Å²) < 4.78 is 11.2. The van der Waals surface area contributed by atoms with Crippen LogP contribution in [0.1, 0.15) is 0 Å². The summed E-state index contributed by atoms with van der Waals surface area (Å²) in [6.07, 6.45) is 3.41. The van der Waals surface area contributed by atoms with Crippen molar-refractivity contribution in [3.05, 3.63) is 108 Å². The fourth-order valence-corrected chi connectivity index (χ4v) is 4.68. The molecule has 0 saturated carbocycles. The predicted molar refractivity (Wildman–Crippen MR) is 136 cm³/mol. The lowest BCUT2D eigenvalue weighted by Gasteiger charge is -2.12. The number of nitro benzene ring substituents is 1. The Morgan fingerprint density at radius 2 is 1.77 bits per heavy atom. The SMILES string of the molecule is O=[N+]([O-])c1ccc(-c2cnc3[nH]c4ccc(OSc5ccco5)cc4c3c2-c2ccccc2)cc1. The Balaban J connectivity index is 1.55. The number of pyridine rings is 1. The molecule has 0 aliphatic carbocycles. The third-order valence-corrected chi connectivity index (χ3v) is 6.43. The van der Waals surface area contributed by atoms with Crippen molar-refractivity contribution in [2.45, 2.75) is 5.09 Å². The van der Waals surface area contributed by atoms with E-state index < -0.39 is 4.92 Å². The van der Waals surface area contributed by atoms with E-state index in [4.69, 9.17) is 13.6 Å². The van der Waals surface area contributed by atoms with Crippen molar-refractivity contribution < 1.29 is 13.5 Å². The third kappa shape index (κ3) is 3.89. The van der Waals surface area contributed by atoms with Crippen LogP contribution in [0.4, 0.5) is 5.69 Å². The Morgan fingerprint density at radius 3 is 2.51 bits per heavy atom. The fraction of sp³-hybridized carbons (Fsp3) is 0. The van der Waals surface area contributed by atoms with Gasteiger partial charge >= 0.3 is 0 Å². The lowest BCUT2D eigenvalue weighted by atomic mass is 9.92. The van der Waals surface area contributed by atoms with E-state index in [2.05, 4.69) is 17.1 Å². The molecule has 170 valence electrons. The number of rotatable bonds is 6. The number of nitrogens with one attached hydrogen (secondary N) is 1. The summed E-state index contributed by atoms with van der Waals surface area (Å²) in [5.41, 5.74) is 5.47. The van der Waals surface area contributed by atoms with Crippen molar-refractivity contribution in [1.82, 2.24) is 9.97 Å². The second kappa shape index (κ2) is 8.66. The summed E-state index contributed by atoms with van der Waals surface area (Å²) in [6, 6.07) is 26.1. The Bertz CT molecular complexity index is 1660. The molecule has 0 fully saturated rings. The number of nitrogens with zero attached hydrogens (tertiary/aromatic N) is 2. The molecule has 0 spiro atoms. The highest BCUT2D eigenvalue weighted by Crippen LogP contribution is 2.41. The lowest BCUT2D eigenvalue weighted by Crippen LogP contribution is -1.91. The highest BCUT2D eigenvalue weighted by molar-refractivity contribution is 7.94. The first kappa shape index (κ1) is 21.0. The van der Waals surface area contributed by atoms with Crippen molar-refractivity contribution in [1.29, 1.82) is 0 Å². The second-order valence-electron chi connectivity index (χ2n) is 7.87. The molecule has 0 bridgehead atoms. The van der Waals surface area contributed by atoms with Crippen molar-refractivity contribution in [2.75, 3.05) is 0 Å². The zero-order chi connectivity index (χ0) is 23.8. The number of non-ortho nitro benzene ring substituents is 1. The number of H-pyrrole nitrogens is 1. The summed E-state index contributed by atoms with van der Waals surface area (Å²) >= 11 is 1.15. The largest absolute Gasteiger partial charge is 0.455 e. The number of benzene rings is 3. The van der Waals surface area contributed by atoms with Gasteiger partial charge < -0.3 is 13.6 Å². The van der Waals surface area contributed by atoms with Crippen LogP contribution in [0.5, 0.6) is 5.75 Å². The van der Waals surface area contributed by atoms with E-state index in [1.165, 1.54) is 12.1 Å². The van der Waals surface area contributed by atoms with Crippen molar-refractivity contribution in [3.63, 3.8) is 0 Å². The molecule has 35 heavy (non-hydrogen) atoms. The Labute approximate surface area is 203 Å². The third-order valence-electron chi connectivity index (χ3n) is 5.76. The van der Waals surface area contributed by atoms with Gasteiger partial charge in [0.2, 0.25) is 0 Å². The molecule has 0 atom stereocenters. The standard InChI is InChI=1S/C27H17N3O4S/c31-30(32)19-10-8-17(9-11-19)22-16-28-27-26(25(22)18-5-2-1-3-6-18)21-15-20(12-13-23(21)29-27)34-35-24-7-4-14-33-24/h1-16H,(H,28,29). The molecule has 0 aliphatic rings. The van der Waals surface area contributed by atoms with Gasteiger partial charge in [0.15, 0.2) is 5.09 Å². The molecule has 0 unspecified atom stereocenters. The molecular weight excluding hydrogens is 462 g/mol.